The molecule has 0 atom stereocenters. The van der Waals surface area contributed by atoms with Gasteiger partial charge in [-0.05, 0) is 27.7 Å². The Hall–Kier alpha value is -2.72. The van der Waals surface area contributed by atoms with E-state index in [1.807, 2.05) is 0 Å². The van der Waals surface area contributed by atoms with E-state index in [9.17, 15) is 19.2 Å². The van der Waals surface area contributed by atoms with Crippen LogP contribution in [0.2, 0.25) is 0 Å². The molecular formula is C10H16O11. The average Bonchev–Trinajstić information content (AvgIpc) is 2.23. The summed E-state index contributed by atoms with van der Waals surface area (Å²) >= 11 is 0. The number of carbonyl (C=O) groups is 4. The van der Waals surface area contributed by atoms with E-state index in [2.05, 4.69) is 24.0 Å². The molecule has 2 N–H and O–H groups in total. The Bertz CT molecular complexity index is 326. The van der Waals surface area contributed by atoms with Crippen molar-refractivity contribution < 1.29 is 53.4 Å². The van der Waals surface area contributed by atoms with Crippen LogP contribution in [0.4, 0.5) is 19.2 Å². The van der Waals surface area contributed by atoms with Gasteiger partial charge in [-0.15, -0.1) is 0 Å². The van der Waals surface area contributed by atoms with Crippen molar-refractivity contribution in [2.45, 2.75) is 39.9 Å². The third-order valence-electron chi connectivity index (χ3n) is 1.02. The molecule has 0 saturated heterocycles. The standard InChI is InChI=1S/C8H14O6.C2H2O5/c1-5(2)11-7(9)13-14-8(10)12-6(3)4;3-1(4)7-2(5)6/h5-6H,1-4H3;(H,3,4)(H,5,6). The van der Waals surface area contributed by atoms with Gasteiger partial charge in [-0.2, -0.15) is 19.4 Å². The van der Waals surface area contributed by atoms with Crippen molar-refractivity contribution in [2.75, 3.05) is 0 Å². The van der Waals surface area contributed by atoms with Crippen LogP contribution in [-0.4, -0.2) is 47.0 Å². The highest BCUT2D eigenvalue weighted by Crippen LogP contribution is 1.97. The minimum atomic E-state index is -1.81. The first kappa shape index (κ1) is 20.6. The Morgan fingerprint density at radius 1 is 0.714 bits per heavy atom. The molecule has 0 aliphatic heterocycles. The monoisotopic (exact) mass is 312 g/mol. The van der Waals surface area contributed by atoms with E-state index in [0.717, 1.165) is 0 Å². The molecule has 0 heterocycles. The van der Waals surface area contributed by atoms with Gasteiger partial charge >= 0.3 is 24.6 Å². The molecule has 0 unspecified atom stereocenters. The molecule has 0 saturated carbocycles. The fourth-order valence-corrected chi connectivity index (χ4v) is 0.567. The maximum Gasteiger partial charge on any atom is 0.550 e. The highest BCUT2D eigenvalue weighted by molar-refractivity contribution is 5.74. The van der Waals surface area contributed by atoms with Crippen molar-refractivity contribution in [3.63, 3.8) is 0 Å². The van der Waals surface area contributed by atoms with Gasteiger partial charge in [-0.25, -0.2) is 9.59 Å². The van der Waals surface area contributed by atoms with E-state index in [1.54, 1.807) is 27.7 Å². The Morgan fingerprint density at radius 2 is 1.00 bits per heavy atom. The molecule has 11 nitrogen and oxygen atoms in total. The molecule has 0 rings (SSSR count). The maximum absolute atomic E-state index is 10.7. The zero-order valence-corrected chi connectivity index (χ0v) is 11.7. The summed E-state index contributed by atoms with van der Waals surface area (Å²) in [6.45, 7) is 6.53. The molecule has 122 valence electrons. The summed E-state index contributed by atoms with van der Waals surface area (Å²) in [6.07, 6.45) is -6.47. The van der Waals surface area contributed by atoms with Gasteiger partial charge in [0.2, 0.25) is 0 Å². The molecule has 0 aliphatic rings. The largest absolute Gasteiger partial charge is 0.550 e. The van der Waals surface area contributed by atoms with Crippen LogP contribution in [0.15, 0.2) is 0 Å². The van der Waals surface area contributed by atoms with Gasteiger partial charge in [-0.1, -0.05) is 0 Å². The minimum Gasteiger partial charge on any atom is -0.449 e. The predicted molar refractivity (Wildman–Crippen MR) is 62.5 cm³/mol. The molecule has 0 aromatic carbocycles. The van der Waals surface area contributed by atoms with E-state index in [1.165, 1.54) is 0 Å². The first-order chi connectivity index (χ1) is 9.54. The van der Waals surface area contributed by atoms with E-state index < -0.39 is 24.6 Å². The van der Waals surface area contributed by atoms with Crippen LogP contribution in [0.25, 0.3) is 0 Å². The molecule has 0 fully saturated rings. The lowest BCUT2D eigenvalue weighted by atomic mass is 10.5. The van der Waals surface area contributed by atoms with Gasteiger partial charge in [0.15, 0.2) is 0 Å². The Labute approximate surface area is 119 Å². The fourth-order valence-electron chi connectivity index (χ4n) is 0.567. The van der Waals surface area contributed by atoms with E-state index in [0.29, 0.717) is 0 Å². The van der Waals surface area contributed by atoms with Crippen LogP contribution in [-0.2, 0) is 24.0 Å². The second-order valence-corrected chi connectivity index (χ2v) is 3.63. The van der Waals surface area contributed by atoms with Gasteiger partial charge in [0.05, 0.1) is 12.2 Å². The summed E-state index contributed by atoms with van der Waals surface area (Å²) in [4.78, 5) is 47.7. The summed E-state index contributed by atoms with van der Waals surface area (Å²) < 4.78 is 12.1. The lowest BCUT2D eigenvalue weighted by Crippen LogP contribution is -2.18. The van der Waals surface area contributed by atoms with Crippen molar-refractivity contribution in [1.29, 1.82) is 0 Å². The van der Waals surface area contributed by atoms with Crippen LogP contribution < -0.4 is 0 Å². The van der Waals surface area contributed by atoms with E-state index in [4.69, 9.17) is 10.2 Å². The van der Waals surface area contributed by atoms with Gasteiger partial charge in [0, 0.05) is 0 Å². The van der Waals surface area contributed by atoms with Gasteiger partial charge in [-0.3, -0.25) is 0 Å². The highest BCUT2D eigenvalue weighted by Gasteiger charge is 2.14. The summed E-state index contributed by atoms with van der Waals surface area (Å²) in [5, 5.41) is 15.0. The van der Waals surface area contributed by atoms with Crippen LogP contribution in [0, 0.1) is 0 Å². The van der Waals surface area contributed by atoms with Crippen molar-refractivity contribution in [2.24, 2.45) is 0 Å². The highest BCUT2D eigenvalue weighted by atomic mass is 17.3. The zero-order valence-electron chi connectivity index (χ0n) is 11.7. The summed E-state index contributed by atoms with van der Waals surface area (Å²) in [7, 11) is 0. The molecule has 0 aromatic heterocycles. The summed E-state index contributed by atoms with van der Waals surface area (Å²) in [6, 6.07) is 0. The third-order valence-corrected chi connectivity index (χ3v) is 1.02. The van der Waals surface area contributed by atoms with Crippen molar-refractivity contribution in [1.82, 2.24) is 0 Å². The molecule has 0 aromatic rings. The topological polar surface area (TPSA) is 155 Å². The second kappa shape index (κ2) is 11.1. The number of carboxylic acid groups (broad SMARTS) is 2. The number of rotatable bonds is 2. The van der Waals surface area contributed by atoms with Crippen molar-refractivity contribution in [3.05, 3.63) is 0 Å². The van der Waals surface area contributed by atoms with Crippen LogP contribution in [0.3, 0.4) is 0 Å². The van der Waals surface area contributed by atoms with Crippen LogP contribution >= 0.6 is 0 Å². The Kier molecular flexibility index (Phi) is 10.9. The predicted octanol–water partition coefficient (Wildman–Crippen LogP) is 2.38. The lowest BCUT2D eigenvalue weighted by molar-refractivity contribution is -0.222. The van der Waals surface area contributed by atoms with E-state index >= 15 is 0 Å². The summed E-state index contributed by atoms with van der Waals surface area (Å²) in [5.41, 5.74) is 0. The SMILES string of the molecule is CC(C)OC(=O)OOC(=O)OC(C)C.O=C(O)OC(=O)O. The number of carbonyl (C=O) groups excluding carboxylic acids is 2. The average molecular weight is 312 g/mol. The molecular weight excluding hydrogens is 296 g/mol. The molecule has 21 heavy (non-hydrogen) atoms. The number of ether oxygens (including phenoxy) is 3. The molecule has 0 spiro atoms. The first-order valence-corrected chi connectivity index (χ1v) is 5.44. The number of hydrogen-bond donors (Lipinski definition) is 2. The van der Waals surface area contributed by atoms with Gasteiger partial charge in [0.25, 0.3) is 0 Å². The zero-order chi connectivity index (χ0) is 17.0. The van der Waals surface area contributed by atoms with Crippen molar-refractivity contribution >= 4 is 24.6 Å². The molecule has 11 heteroatoms. The Morgan fingerprint density at radius 3 is 1.14 bits per heavy atom. The van der Waals surface area contributed by atoms with Crippen LogP contribution in [0.5, 0.6) is 0 Å². The first-order valence-electron chi connectivity index (χ1n) is 5.44. The smallest absolute Gasteiger partial charge is 0.449 e. The van der Waals surface area contributed by atoms with E-state index in [-0.39, 0.29) is 12.2 Å². The second-order valence-electron chi connectivity index (χ2n) is 3.63. The minimum absolute atomic E-state index is 0.341. The molecule has 0 bridgehead atoms. The Balaban J connectivity index is 0. The molecule has 0 aliphatic carbocycles. The van der Waals surface area contributed by atoms with Crippen LogP contribution in [0.1, 0.15) is 27.7 Å². The van der Waals surface area contributed by atoms with Crippen molar-refractivity contribution in [3.8, 4) is 0 Å². The third kappa shape index (κ3) is 19.8. The molecule has 0 radical (unpaired) electrons. The number of hydrogen-bond acceptors (Lipinski definition) is 9. The van der Waals surface area contributed by atoms with Gasteiger partial charge < -0.3 is 24.4 Å². The fraction of sp³-hybridized carbons (Fsp3) is 0.600. The maximum atomic E-state index is 10.7. The quantitative estimate of drug-likeness (QED) is 0.254. The normalized spacial score (nSPS) is 9.05. The summed E-state index contributed by atoms with van der Waals surface area (Å²) in [5.74, 6) is 0. The van der Waals surface area contributed by atoms with Gasteiger partial charge in [0.1, 0.15) is 0 Å². The molecule has 0 amide bonds. The lowest BCUT2D eigenvalue weighted by Gasteiger charge is -2.08.